The third-order valence-electron chi connectivity index (χ3n) is 4.77. The number of allylic oxidation sites excluding steroid dienone is 2. The first-order valence-electron chi connectivity index (χ1n) is 9.45. The van der Waals surface area contributed by atoms with Gasteiger partial charge in [-0.15, -0.1) is 0 Å². The molecule has 0 fully saturated rings. The smallest absolute Gasteiger partial charge is 0.416 e. The predicted molar refractivity (Wildman–Crippen MR) is 94.1 cm³/mol. The minimum Gasteiger partial charge on any atom is -0.416 e. The van der Waals surface area contributed by atoms with Crippen LogP contribution in [-0.2, 0) is 13.8 Å². The third kappa shape index (κ3) is 5.71. The van der Waals surface area contributed by atoms with Crippen molar-refractivity contribution >= 4 is 19.7 Å². The van der Waals surface area contributed by atoms with Crippen LogP contribution in [0.2, 0.25) is 0 Å². The van der Waals surface area contributed by atoms with Crippen molar-refractivity contribution in [2.24, 2.45) is 0 Å². The molecule has 0 atom stereocenters. The van der Waals surface area contributed by atoms with E-state index in [0.717, 1.165) is 0 Å². The molecule has 262 valence electrons. The van der Waals surface area contributed by atoms with Gasteiger partial charge in [0.1, 0.15) is 0 Å². The summed E-state index contributed by atoms with van der Waals surface area (Å²) in [7, 11) is -1.02. The lowest BCUT2D eigenvalue weighted by molar-refractivity contribution is -0.473. The summed E-state index contributed by atoms with van der Waals surface area (Å²) in [4.78, 5) is 0. The number of alkyl halides is 21. The van der Waals surface area contributed by atoms with E-state index < -0.39 is 91.0 Å². The Bertz CT molecular complexity index is 1270. The fourth-order valence-electron chi connectivity index (χ4n) is 2.34. The molecular weight excluding hydrogens is 745 g/mol. The van der Waals surface area contributed by atoms with Crippen LogP contribution in [0.15, 0.2) is 22.5 Å². The fourth-order valence-corrected chi connectivity index (χ4v) is 3.56. The SMILES string of the molecule is CC(C)=C(OC(F)=C(F)C(F)(F)C(F)(F)C(F)(F)C(F)(F)C(F)(F)C(F)(F)C(F)(F)C(F)(F)C(F)(F)C(F)(F)F)S(=O)(=O)Cl. The second-order valence-electron chi connectivity index (χ2n) is 8.08. The lowest BCUT2D eigenvalue weighted by atomic mass is 9.86. The van der Waals surface area contributed by atoms with Gasteiger partial charge in [0, 0.05) is 10.7 Å². The van der Waals surface area contributed by atoms with Crippen LogP contribution in [0, 0.1) is 0 Å². The summed E-state index contributed by atoms with van der Waals surface area (Å²) in [5.74, 6) is -86.5. The minimum absolute atomic E-state index is 0.480. The molecule has 0 saturated heterocycles. The van der Waals surface area contributed by atoms with Gasteiger partial charge in [0.05, 0.1) is 0 Å². The number of hydrogen-bond acceptors (Lipinski definition) is 3. The average Bonchev–Trinajstić information content (AvgIpc) is 2.78. The van der Waals surface area contributed by atoms with Gasteiger partial charge in [-0.3, -0.25) is 0 Å². The van der Waals surface area contributed by atoms with Gasteiger partial charge in [-0.2, -0.15) is 101 Å². The normalized spacial score (nSPS) is 16.5. The highest BCUT2D eigenvalue weighted by atomic mass is 35.7. The van der Waals surface area contributed by atoms with E-state index in [0.29, 0.717) is 13.8 Å². The molecule has 0 aromatic rings. The first-order valence-corrected chi connectivity index (χ1v) is 11.8. The number of rotatable bonds is 12. The van der Waals surface area contributed by atoms with Crippen molar-refractivity contribution in [1.82, 2.24) is 0 Å². The molecule has 44 heavy (non-hydrogen) atoms. The van der Waals surface area contributed by atoms with Crippen LogP contribution in [0.5, 0.6) is 0 Å². The molecule has 0 amide bonds. The van der Waals surface area contributed by atoms with Crippen molar-refractivity contribution in [2.75, 3.05) is 0 Å². The summed E-state index contributed by atoms with van der Waals surface area (Å²) in [6.07, 6.45) is -8.14. The van der Waals surface area contributed by atoms with Gasteiger partial charge in [-0.25, -0.2) is 8.42 Å². The van der Waals surface area contributed by atoms with Crippen LogP contribution in [0.4, 0.5) is 101 Å². The molecule has 0 bridgehead atoms. The van der Waals surface area contributed by atoms with Crippen molar-refractivity contribution in [1.29, 1.82) is 0 Å². The molecule has 0 aliphatic rings. The topological polar surface area (TPSA) is 43.4 Å². The van der Waals surface area contributed by atoms with E-state index in [1.54, 1.807) is 0 Å². The molecular formula is C16H6ClF23O3S. The van der Waals surface area contributed by atoms with Gasteiger partial charge in [-0.1, -0.05) is 0 Å². The summed E-state index contributed by atoms with van der Waals surface area (Å²) < 4.78 is 332. The Hall–Kier alpha value is -2.09. The monoisotopic (exact) mass is 750 g/mol. The molecule has 0 aliphatic heterocycles. The molecule has 3 nitrogen and oxygen atoms in total. The maximum absolute atomic E-state index is 13.8. The van der Waals surface area contributed by atoms with Crippen LogP contribution in [-0.4, -0.2) is 67.9 Å². The van der Waals surface area contributed by atoms with E-state index in [4.69, 9.17) is 0 Å². The highest BCUT2D eigenvalue weighted by molar-refractivity contribution is 8.16. The van der Waals surface area contributed by atoms with Crippen molar-refractivity contribution in [3.63, 3.8) is 0 Å². The zero-order valence-corrected chi connectivity index (χ0v) is 21.3. The van der Waals surface area contributed by atoms with E-state index in [1.165, 1.54) is 0 Å². The molecule has 0 aromatic heterocycles. The molecule has 0 aliphatic carbocycles. The van der Waals surface area contributed by atoms with E-state index in [9.17, 15) is 109 Å². The van der Waals surface area contributed by atoms with Crippen LogP contribution < -0.4 is 0 Å². The Kier molecular flexibility index (Phi) is 10.5. The maximum atomic E-state index is 13.8. The quantitative estimate of drug-likeness (QED) is 0.114. The van der Waals surface area contributed by atoms with Gasteiger partial charge < -0.3 is 4.74 Å². The molecule has 0 heterocycles. The zero-order valence-electron chi connectivity index (χ0n) is 19.7. The first-order chi connectivity index (χ1) is 18.6. The number of halogens is 24. The number of hydrogen-bond donors (Lipinski definition) is 0. The minimum atomic E-state index is -9.49. The maximum Gasteiger partial charge on any atom is 0.460 e. The lowest BCUT2D eigenvalue weighted by Crippen LogP contribution is -2.76. The Balaban J connectivity index is 7.34. The Morgan fingerprint density at radius 1 is 0.500 bits per heavy atom. The van der Waals surface area contributed by atoms with Crippen molar-refractivity contribution in [2.45, 2.75) is 73.3 Å². The van der Waals surface area contributed by atoms with Gasteiger partial charge in [0.15, 0.2) is 0 Å². The second kappa shape index (κ2) is 11.0. The predicted octanol–water partition coefficient (Wildman–Crippen LogP) is 9.21. The van der Waals surface area contributed by atoms with Gasteiger partial charge >= 0.3 is 65.5 Å². The van der Waals surface area contributed by atoms with Crippen LogP contribution in [0.1, 0.15) is 13.8 Å². The highest BCUT2D eigenvalue weighted by Gasteiger charge is 2.98. The average molecular weight is 751 g/mol. The van der Waals surface area contributed by atoms with Crippen LogP contribution in [0.25, 0.3) is 0 Å². The molecule has 0 N–H and O–H groups in total. The first kappa shape index (κ1) is 41.9. The van der Waals surface area contributed by atoms with E-state index in [-0.39, 0.29) is 0 Å². The second-order valence-corrected chi connectivity index (χ2v) is 10.5. The van der Waals surface area contributed by atoms with Gasteiger partial charge in [0.2, 0.25) is 10.9 Å². The van der Waals surface area contributed by atoms with Crippen molar-refractivity contribution in [3.8, 4) is 0 Å². The molecule has 0 spiro atoms. The largest absolute Gasteiger partial charge is 0.460 e. The van der Waals surface area contributed by atoms with E-state index in [2.05, 4.69) is 15.4 Å². The Labute approximate surface area is 230 Å². The summed E-state index contributed by atoms with van der Waals surface area (Å²) in [5.41, 5.74) is -1.02. The standard InChI is InChI=1S/C16H6ClF23O3S/c1-3(2)6(44(17,41)42)43-5(19)4(18)7(20,21)8(22,23)9(24,25)10(26,27)11(28,29)12(30,31)13(32,33)14(34,35)15(36,37)16(38,39)40/h1-2H3. The molecule has 28 heteroatoms. The van der Waals surface area contributed by atoms with Crippen LogP contribution in [0.3, 0.4) is 0 Å². The van der Waals surface area contributed by atoms with Gasteiger partial charge in [0.25, 0.3) is 9.05 Å². The highest BCUT2D eigenvalue weighted by Crippen LogP contribution is 2.66. The summed E-state index contributed by atoms with van der Waals surface area (Å²) in [6.45, 7) is 0.960. The molecule has 0 unspecified atom stereocenters. The molecule has 0 rings (SSSR count). The van der Waals surface area contributed by atoms with Crippen LogP contribution >= 0.6 is 10.7 Å². The Morgan fingerprint density at radius 3 is 0.977 bits per heavy atom. The third-order valence-corrected chi connectivity index (χ3v) is 6.13. The Morgan fingerprint density at radius 2 is 0.750 bits per heavy atom. The van der Waals surface area contributed by atoms with E-state index in [1.807, 2.05) is 0 Å². The molecule has 0 aromatic carbocycles. The zero-order chi connectivity index (χ0) is 36.5. The molecule has 0 saturated carbocycles. The lowest BCUT2D eigenvalue weighted by Gasteiger charge is -2.44. The summed E-state index contributed by atoms with van der Waals surface area (Å²) in [5, 5.41) is -2.23. The van der Waals surface area contributed by atoms with Gasteiger partial charge in [-0.05, 0) is 19.4 Å². The summed E-state index contributed by atoms with van der Waals surface area (Å²) in [6, 6.07) is -4.15. The van der Waals surface area contributed by atoms with Crippen molar-refractivity contribution < 1.29 is 114 Å². The van der Waals surface area contributed by atoms with Crippen molar-refractivity contribution in [3.05, 3.63) is 22.5 Å². The summed E-state index contributed by atoms with van der Waals surface area (Å²) >= 11 is 0. The number of ether oxygens (including phenoxy) is 1. The van der Waals surface area contributed by atoms with E-state index >= 15 is 0 Å². The molecule has 0 radical (unpaired) electrons. The fraction of sp³-hybridized carbons (Fsp3) is 0.750.